The molecule has 1 N–H and O–H groups in total. The largest absolute Gasteiger partial charge is 0.497 e. The van der Waals surface area contributed by atoms with Crippen LogP contribution in [-0.2, 0) is 9.59 Å². The second-order valence-corrected chi connectivity index (χ2v) is 7.01. The Morgan fingerprint density at radius 3 is 2.19 bits per heavy atom. The van der Waals surface area contributed by atoms with E-state index in [-0.39, 0.29) is 11.3 Å². The van der Waals surface area contributed by atoms with Crippen molar-refractivity contribution in [2.24, 2.45) is 0 Å². The van der Waals surface area contributed by atoms with Gasteiger partial charge in [-0.05, 0) is 48.9 Å². The number of hydrogen-bond donors (Lipinski definition) is 1. The van der Waals surface area contributed by atoms with Gasteiger partial charge in [0.2, 0.25) is 0 Å². The Balaban J connectivity index is 1.83. The molecule has 0 unspecified atom stereocenters. The van der Waals surface area contributed by atoms with Crippen LogP contribution in [0.25, 0.3) is 5.57 Å². The molecular formula is C24H18F2N2O3. The van der Waals surface area contributed by atoms with Gasteiger partial charge < -0.3 is 10.1 Å². The number of carbonyl (C=O) groups excluding carboxylic acids is 2. The highest BCUT2D eigenvalue weighted by molar-refractivity contribution is 6.46. The smallest absolute Gasteiger partial charge is 0.282 e. The number of carbonyl (C=O) groups is 2. The van der Waals surface area contributed by atoms with Crippen LogP contribution in [0.4, 0.5) is 20.2 Å². The average molecular weight is 420 g/mol. The number of ether oxygens (including phenoxy) is 1. The van der Waals surface area contributed by atoms with Gasteiger partial charge in [0.1, 0.15) is 23.1 Å². The fourth-order valence-corrected chi connectivity index (χ4v) is 3.33. The molecule has 1 aliphatic rings. The number of anilines is 2. The number of hydrogen-bond acceptors (Lipinski definition) is 4. The molecule has 0 spiro atoms. The molecule has 5 nitrogen and oxygen atoms in total. The maximum atomic E-state index is 14.4. The first kappa shape index (κ1) is 20.3. The lowest BCUT2D eigenvalue weighted by Gasteiger charge is -2.16. The number of rotatable bonds is 5. The summed E-state index contributed by atoms with van der Waals surface area (Å²) in [7, 11) is 1.51. The third-order valence-electron chi connectivity index (χ3n) is 4.93. The second kappa shape index (κ2) is 8.02. The molecule has 4 rings (SSSR count). The quantitative estimate of drug-likeness (QED) is 0.609. The van der Waals surface area contributed by atoms with Gasteiger partial charge in [0.25, 0.3) is 11.8 Å². The summed E-state index contributed by atoms with van der Waals surface area (Å²) < 4.78 is 33.4. The maximum Gasteiger partial charge on any atom is 0.282 e. The number of halogens is 2. The van der Waals surface area contributed by atoms with Crippen LogP contribution in [0.5, 0.6) is 5.75 Å². The number of imide groups is 1. The van der Waals surface area contributed by atoms with E-state index in [0.717, 1.165) is 23.8 Å². The normalized spacial score (nSPS) is 13.7. The molecule has 2 amide bonds. The summed E-state index contributed by atoms with van der Waals surface area (Å²) in [6, 6.07) is 16.4. The van der Waals surface area contributed by atoms with Gasteiger partial charge in [-0.15, -0.1) is 0 Å². The van der Waals surface area contributed by atoms with Gasteiger partial charge in [0, 0.05) is 11.8 Å². The first-order valence-corrected chi connectivity index (χ1v) is 9.45. The summed E-state index contributed by atoms with van der Waals surface area (Å²) in [6.45, 7) is 1.92. The van der Waals surface area contributed by atoms with E-state index in [9.17, 15) is 18.4 Å². The van der Waals surface area contributed by atoms with Crippen molar-refractivity contribution >= 4 is 28.8 Å². The van der Waals surface area contributed by atoms with Gasteiger partial charge in [-0.2, -0.15) is 0 Å². The van der Waals surface area contributed by atoms with Gasteiger partial charge in [0.15, 0.2) is 0 Å². The molecule has 7 heteroatoms. The van der Waals surface area contributed by atoms with E-state index in [2.05, 4.69) is 5.32 Å². The lowest BCUT2D eigenvalue weighted by molar-refractivity contribution is -0.120. The molecule has 0 radical (unpaired) electrons. The van der Waals surface area contributed by atoms with Crippen LogP contribution in [0.3, 0.4) is 0 Å². The molecule has 0 saturated carbocycles. The lowest BCUT2D eigenvalue weighted by Crippen LogP contribution is -2.33. The monoisotopic (exact) mass is 420 g/mol. The SMILES string of the molecule is COc1ccc(C2=C(Nc3ccc(C)cc3)C(=O)N(c3cc(F)ccc3F)C2=O)cc1. The van der Waals surface area contributed by atoms with Crippen molar-refractivity contribution in [3.05, 3.63) is 95.2 Å². The van der Waals surface area contributed by atoms with E-state index in [1.165, 1.54) is 7.11 Å². The third kappa shape index (κ3) is 3.77. The fourth-order valence-electron chi connectivity index (χ4n) is 3.33. The van der Waals surface area contributed by atoms with Crippen molar-refractivity contribution in [2.45, 2.75) is 6.92 Å². The molecule has 3 aromatic rings. The Morgan fingerprint density at radius 2 is 1.55 bits per heavy atom. The number of nitrogens with one attached hydrogen (secondary N) is 1. The Labute approximate surface area is 177 Å². The second-order valence-electron chi connectivity index (χ2n) is 7.01. The summed E-state index contributed by atoms with van der Waals surface area (Å²) in [5, 5.41) is 2.98. The first-order valence-electron chi connectivity index (χ1n) is 9.45. The topological polar surface area (TPSA) is 58.6 Å². The number of nitrogens with zero attached hydrogens (tertiary/aromatic N) is 1. The molecule has 0 saturated heterocycles. The minimum absolute atomic E-state index is 0.0253. The molecular weight excluding hydrogens is 402 g/mol. The van der Waals surface area contributed by atoms with Crippen LogP contribution in [0, 0.1) is 18.6 Å². The van der Waals surface area contributed by atoms with Crippen molar-refractivity contribution in [1.82, 2.24) is 0 Å². The Hall–Kier alpha value is -4.00. The van der Waals surface area contributed by atoms with E-state index in [0.29, 0.717) is 21.9 Å². The highest BCUT2D eigenvalue weighted by Crippen LogP contribution is 2.35. The number of aryl methyl sites for hydroxylation is 1. The van der Waals surface area contributed by atoms with Gasteiger partial charge in [-0.3, -0.25) is 9.59 Å². The zero-order valence-electron chi connectivity index (χ0n) is 16.8. The minimum atomic E-state index is -0.881. The zero-order chi connectivity index (χ0) is 22.1. The van der Waals surface area contributed by atoms with Gasteiger partial charge >= 0.3 is 0 Å². The Morgan fingerprint density at radius 1 is 0.871 bits per heavy atom. The van der Waals surface area contributed by atoms with Crippen molar-refractivity contribution in [3.8, 4) is 5.75 Å². The molecule has 1 aliphatic heterocycles. The molecule has 0 aliphatic carbocycles. The molecule has 3 aromatic carbocycles. The molecule has 0 fully saturated rings. The summed E-state index contributed by atoms with van der Waals surface area (Å²) in [5.41, 5.74) is 1.62. The van der Waals surface area contributed by atoms with Crippen LogP contribution in [0.1, 0.15) is 11.1 Å². The molecule has 1 heterocycles. The summed E-state index contributed by atoms with van der Waals surface area (Å²) in [6.07, 6.45) is 0. The van der Waals surface area contributed by atoms with Crippen molar-refractivity contribution in [1.29, 1.82) is 0 Å². The third-order valence-corrected chi connectivity index (χ3v) is 4.93. The Bertz CT molecular complexity index is 1200. The van der Waals surface area contributed by atoms with E-state index < -0.39 is 29.1 Å². The van der Waals surface area contributed by atoms with Gasteiger partial charge in [-0.1, -0.05) is 29.8 Å². The van der Waals surface area contributed by atoms with Crippen LogP contribution in [0.15, 0.2) is 72.4 Å². The number of benzene rings is 3. The van der Waals surface area contributed by atoms with Crippen LogP contribution in [0.2, 0.25) is 0 Å². The van der Waals surface area contributed by atoms with E-state index in [1.807, 2.05) is 19.1 Å². The van der Waals surface area contributed by atoms with E-state index in [1.54, 1.807) is 36.4 Å². The van der Waals surface area contributed by atoms with Gasteiger partial charge in [0.05, 0.1) is 18.4 Å². The van der Waals surface area contributed by atoms with Crippen LogP contribution in [-0.4, -0.2) is 18.9 Å². The molecule has 31 heavy (non-hydrogen) atoms. The predicted molar refractivity (Wildman–Crippen MR) is 114 cm³/mol. The van der Waals surface area contributed by atoms with Crippen LogP contribution < -0.4 is 15.0 Å². The van der Waals surface area contributed by atoms with E-state index in [4.69, 9.17) is 4.74 Å². The minimum Gasteiger partial charge on any atom is -0.497 e. The average Bonchev–Trinajstić information content (AvgIpc) is 3.01. The zero-order valence-corrected chi connectivity index (χ0v) is 16.8. The molecule has 156 valence electrons. The summed E-state index contributed by atoms with van der Waals surface area (Å²) in [5.74, 6) is -2.60. The highest BCUT2D eigenvalue weighted by Gasteiger charge is 2.41. The predicted octanol–water partition coefficient (Wildman–Crippen LogP) is 4.68. The van der Waals surface area contributed by atoms with Crippen molar-refractivity contribution in [3.63, 3.8) is 0 Å². The van der Waals surface area contributed by atoms with E-state index >= 15 is 0 Å². The Kier molecular flexibility index (Phi) is 5.25. The summed E-state index contributed by atoms with van der Waals surface area (Å²) in [4.78, 5) is 27.2. The lowest BCUT2D eigenvalue weighted by atomic mass is 10.0. The number of amides is 2. The van der Waals surface area contributed by atoms with Crippen LogP contribution >= 0.6 is 0 Å². The van der Waals surface area contributed by atoms with Crippen molar-refractivity contribution < 1.29 is 23.1 Å². The number of methoxy groups -OCH3 is 1. The van der Waals surface area contributed by atoms with Gasteiger partial charge in [-0.25, -0.2) is 13.7 Å². The standard InChI is InChI=1S/C24H18F2N2O3/c1-14-3-8-17(9-4-14)27-22-21(15-5-10-18(31-2)11-6-15)23(29)28(24(22)30)20-13-16(25)7-12-19(20)26/h3-13,27H,1-2H3. The maximum absolute atomic E-state index is 14.4. The van der Waals surface area contributed by atoms with Crippen molar-refractivity contribution in [2.75, 3.05) is 17.3 Å². The molecule has 0 atom stereocenters. The summed E-state index contributed by atoms with van der Waals surface area (Å²) >= 11 is 0. The molecule has 0 bridgehead atoms. The fraction of sp³-hybridized carbons (Fsp3) is 0.0833. The molecule has 0 aromatic heterocycles. The first-order chi connectivity index (χ1) is 14.9. The highest BCUT2D eigenvalue weighted by atomic mass is 19.1.